The summed E-state index contributed by atoms with van der Waals surface area (Å²) in [4.78, 5) is 46.2. The lowest BCUT2D eigenvalue weighted by atomic mass is 9.32. The van der Waals surface area contributed by atoms with E-state index in [2.05, 4.69) is 58.3 Å². The van der Waals surface area contributed by atoms with Crippen LogP contribution in [0.4, 0.5) is 0 Å². The highest BCUT2D eigenvalue weighted by Gasteiger charge is 2.74. The summed E-state index contributed by atoms with van der Waals surface area (Å²) < 4.78 is 6.49. The molecule has 0 radical (unpaired) electrons. The number of hydrogen-bond donors (Lipinski definition) is 1. The van der Waals surface area contributed by atoms with Crippen molar-refractivity contribution in [2.24, 2.45) is 79.3 Å². The van der Waals surface area contributed by atoms with Crippen LogP contribution in [0.1, 0.15) is 171 Å². The third-order valence-electron chi connectivity index (χ3n) is 21.6. The lowest BCUT2D eigenvalue weighted by Gasteiger charge is -2.73. The molecule has 9 rings (SSSR count). The Morgan fingerprint density at radius 2 is 1.41 bits per heavy atom. The van der Waals surface area contributed by atoms with Gasteiger partial charge in [0.2, 0.25) is 5.91 Å². The summed E-state index contributed by atoms with van der Waals surface area (Å²) in [7, 11) is 0. The minimum absolute atomic E-state index is 0.132. The zero-order chi connectivity index (χ0) is 40.0. The fourth-order valence-corrected chi connectivity index (χ4v) is 17.6. The lowest BCUT2D eigenvalue weighted by Crippen LogP contribution is -2.68. The molecule has 0 aromatic heterocycles. The van der Waals surface area contributed by atoms with Crippen molar-refractivity contribution in [3.8, 4) is 0 Å². The van der Waals surface area contributed by atoms with Crippen LogP contribution in [0, 0.1) is 79.3 Å². The number of amides is 1. The van der Waals surface area contributed by atoms with Crippen molar-refractivity contribution in [1.82, 2.24) is 9.80 Å². The molecule has 2 saturated heterocycles. The first-order valence-electron chi connectivity index (χ1n) is 23.7. The van der Waals surface area contributed by atoms with Crippen LogP contribution >= 0.6 is 0 Å². The van der Waals surface area contributed by atoms with Gasteiger partial charge in [0.05, 0.1) is 17.3 Å². The Kier molecular flexibility index (Phi) is 9.20. The van der Waals surface area contributed by atoms with Crippen LogP contribution in [0.15, 0.2) is 0 Å². The Morgan fingerprint density at radius 3 is 2.07 bits per heavy atom. The minimum Gasteiger partial charge on any atom is -0.481 e. The molecule has 14 atom stereocenters. The van der Waals surface area contributed by atoms with Crippen LogP contribution in [0.3, 0.4) is 0 Å². The van der Waals surface area contributed by atoms with E-state index in [-0.39, 0.29) is 45.1 Å². The van der Waals surface area contributed by atoms with Crippen LogP contribution in [0.5, 0.6) is 0 Å². The SMILES string of the molecule is C[C@@H]1CCCN1C[C@@H]1CCCN1C(=O)[C@]12CC[C@@H](C3(C)CC3)[C@@H]1[C@H]1CC[C@@H]3[C@@]4(C)CC[C@H](OC(=O)[C@H]5C[C@@H](C(=O)O)C5(C)C)C(C)(C)[C@@H]4CC[C@@]3(C)[C@]1(C)CC2. The van der Waals surface area contributed by atoms with Gasteiger partial charge in [0.15, 0.2) is 0 Å². The summed E-state index contributed by atoms with van der Waals surface area (Å²) in [5.74, 6) is 1.67. The van der Waals surface area contributed by atoms with Crippen molar-refractivity contribution in [2.45, 2.75) is 190 Å². The third kappa shape index (κ3) is 5.37. The van der Waals surface area contributed by atoms with Crippen molar-refractivity contribution in [2.75, 3.05) is 19.6 Å². The molecular weight excluding hydrogens is 697 g/mol. The molecule has 7 heteroatoms. The molecule has 56 heavy (non-hydrogen) atoms. The number of carboxylic acid groups (broad SMARTS) is 1. The van der Waals surface area contributed by atoms with Crippen LogP contribution in [-0.2, 0) is 19.1 Å². The van der Waals surface area contributed by atoms with Gasteiger partial charge < -0.3 is 14.7 Å². The summed E-state index contributed by atoms with van der Waals surface area (Å²) in [5.41, 5.74) is 0.138. The topological polar surface area (TPSA) is 87.2 Å². The predicted octanol–water partition coefficient (Wildman–Crippen LogP) is 10.0. The van der Waals surface area contributed by atoms with Crippen molar-refractivity contribution >= 4 is 17.8 Å². The first-order valence-corrected chi connectivity index (χ1v) is 23.7. The quantitative estimate of drug-likeness (QED) is 0.259. The maximum Gasteiger partial charge on any atom is 0.309 e. The van der Waals surface area contributed by atoms with E-state index < -0.39 is 17.3 Å². The van der Waals surface area contributed by atoms with Gasteiger partial charge in [-0.1, -0.05) is 55.4 Å². The second-order valence-corrected chi connectivity index (χ2v) is 24.2. The van der Waals surface area contributed by atoms with E-state index in [0.29, 0.717) is 59.4 Å². The molecule has 0 unspecified atom stereocenters. The number of carboxylic acids is 1. The molecule has 1 N–H and O–H groups in total. The van der Waals surface area contributed by atoms with Gasteiger partial charge >= 0.3 is 11.9 Å². The van der Waals surface area contributed by atoms with Gasteiger partial charge in [0, 0.05) is 30.6 Å². The zero-order valence-corrected chi connectivity index (χ0v) is 36.9. The first-order chi connectivity index (χ1) is 26.2. The summed E-state index contributed by atoms with van der Waals surface area (Å²) in [6.45, 7) is 24.9. The standard InChI is InChI=1S/C49H78N2O5/c1-30-12-10-26-50(30)29-31-13-11-27-51(31)42(55)49-21-16-32(45(6)22-23-45)39(49)33-14-15-37-46(7)19-18-38(56-41(54)35-28-34(40(52)53)43(35,2)3)44(4,5)36(46)17-20-48(37,9)47(33,8)24-25-49/h30-39H,10-29H2,1-9H3,(H,52,53)/t30-,31+,32-,33-,34+,35-,36+,37-,38+,39-,46+,47-,48-,49+/m1/s1. The van der Waals surface area contributed by atoms with Crippen LogP contribution < -0.4 is 0 Å². The number of esters is 1. The van der Waals surface area contributed by atoms with Crippen molar-refractivity contribution < 1.29 is 24.2 Å². The highest BCUT2D eigenvalue weighted by molar-refractivity contribution is 5.84. The maximum atomic E-state index is 15.5. The summed E-state index contributed by atoms with van der Waals surface area (Å²) in [6, 6.07) is 1.04. The number of likely N-dealkylation sites (tertiary alicyclic amines) is 2. The number of carbonyl (C=O) groups is 3. The Hall–Kier alpha value is -1.63. The molecule has 9 aliphatic rings. The third-order valence-corrected chi connectivity index (χ3v) is 21.6. The number of fused-ring (bicyclic) bond motifs is 7. The van der Waals surface area contributed by atoms with E-state index in [1.54, 1.807) is 0 Å². The first kappa shape index (κ1) is 39.8. The smallest absolute Gasteiger partial charge is 0.309 e. The molecule has 0 bridgehead atoms. The zero-order valence-electron chi connectivity index (χ0n) is 36.9. The number of rotatable bonds is 7. The molecule has 0 aromatic carbocycles. The molecule has 0 spiro atoms. The van der Waals surface area contributed by atoms with Gasteiger partial charge in [-0.15, -0.1) is 0 Å². The summed E-state index contributed by atoms with van der Waals surface area (Å²) in [6.07, 6.45) is 19.5. The fourth-order valence-electron chi connectivity index (χ4n) is 17.6. The average molecular weight is 775 g/mol. The average Bonchev–Trinajstić information content (AvgIpc) is 3.43. The van der Waals surface area contributed by atoms with E-state index in [1.807, 2.05) is 13.8 Å². The molecule has 1 amide bonds. The molecule has 314 valence electrons. The molecule has 0 aromatic rings. The highest BCUT2D eigenvalue weighted by Crippen LogP contribution is 2.79. The predicted molar refractivity (Wildman–Crippen MR) is 219 cm³/mol. The Morgan fingerprint density at radius 1 is 0.679 bits per heavy atom. The number of nitrogens with zero attached hydrogens (tertiary/aromatic N) is 2. The molecule has 7 aliphatic carbocycles. The van der Waals surface area contributed by atoms with Gasteiger partial charge in [-0.2, -0.15) is 0 Å². The van der Waals surface area contributed by atoms with E-state index in [1.165, 1.54) is 83.6 Å². The van der Waals surface area contributed by atoms with E-state index in [0.717, 1.165) is 38.8 Å². The van der Waals surface area contributed by atoms with Crippen LogP contribution in [0.2, 0.25) is 0 Å². The Bertz CT molecular complexity index is 1620. The molecule has 7 nitrogen and oxygen atoms in total. The summed E-state index contributed by atoms with van der Waals surface area (Å²) in [5, 5.41) is 9.70. The minimum atomic E-state index is -0.801. The molecule has 9 fully saturated rings. The van der Waals surface area contributed by atoms with Crippen molar-refractivity contribution in [3.63, 3.8) is 0 Å². The fraction of sp³-hybridized carbons (Fsp3) is 0.939. The number of ether oxygens (including phenoxy) is 1. The normalized spacial score (nSPS) is 49.8. The number of aliphatic carboxylic acids is 1. The van der Waals surface area contributed by atoms with Gasteiger partial charge in [0.25, 0.3) is 0 Å². The van der Waals surface area contributed by atoms with E-state index in [9.17, 15) is 14.7 Å². The van der Waals surface area contributed by atoms with Crippen molar-refractivity contribution in [1.29, 1.82) is 0 Å². The second kappa shape index (κ2) is 12.9. The summed E-state index contributed by atoms with van der Waals surface area (Å²) >= 11 is 0. The molecule has 7 saturated carbocycles. The van der Waals surface area contributed by atoms with Crippen molar-refractivity contribution in [3.05, 3.63) is 0 Å². The highest BCUT2D eigenvalue weighted by atomic mass is 16.5. The van der Waals surface area contributed by atoms with Gasteiger partial charge in [-0.3, -0.25) is 19.3 Å². The van der Waals surface area contributed by atoms with Gasteiger partial charge in [0.1, 0.15) is 6.10 Å². The maximum absolute atomic E-state index is 15.5. The van der Waals surface area contributed by atoms with Gasteiger partial charge in [-0.05, 0) is 179 Å². The van der Waals surface area contributed by atoms with Gasteiger partial charge in [-0.25, -0.2) is 0 Å². The lowest BCUT2D eigenvalue weighted by molar-refractivity contribution is -0.253. The number of carbonyl (C=O) groups excluding carboxylic acids is 2. The molecular formula is C49H78N2O5. The monoisotopic (exact) mass is 775 g/mol. The molecule has 2 aliphatic heterocycles. The largest absolute Gasteiger partial charge is 0.481 e. The molecule has 2 heterocycles. The Balaban J connectivity index is 0.969. The van der Waals surface area contributed by atoms with E-state index >= 15 is 4.79 Å². The Labute approximate surface area is 339 Å². The number of hydrogen-bond acceptors (Lipinski definition) is 5. The van der Waals surface area contributed by atoms with E-state index in [4.69, 9.17) is 4.74 Å². The second-order valence-electron chi connectivity index (χ2n) is 24.2. The van der Waals surface area contributed by atoms with Crippen LogP contribution in [0.25, 0.3) is 0 Å². The van der Waals surface area contributed by atoms with Crippen LogP contribution in [-0.4, -0.2) is 70.6 Å².